The average Bonchev–Trinajstić information content (AvgIpc) is 2.93. The van der Waals surface area contributed by atoms with Crippen LogP contribution in [0.1, 0.15) is 46.0 Å². The molecule has 6 nitrogen and oxygen atoms in total. The van der Waals surface area contributed by atoms with Crippen LogP contribution in [-0.2, 0) is 9.59 Å². The molecular weight excluding hydrogens is 373 g/mol. The minimum absolute atomic E-state index is 0.170. The van der Waals surface area contributed by atoms with Gasteiger partial charge in [0.2, 0.25) is 5.12 Å². The van der Waals surface area contributed by atoms with E-state index in [2.05, 4.69) is 0 Å². The molecule has 1 heterocycles. The molecule has 1 rings (SSSR count). The van der Waals surface area contributed by atoms with Crippen LogP contribution in [-0.4, -0.2) is 57.3 Å². The van der Waals surface area contributed by atoms with E-state index in [0.29, 0.717) is 37.4 Å². The van der Waals surface area contributed by atoms with Crippen molar-refractivity contribution in [3.63, 3.8) is 0 Å². The summed E-state index contributed by atoms with van der Waals surface area (Å²) in [6, 6.07) is -1.63. The van der Waals surface area contributed by atoms with E-state index >= 15 is 0 Å². The quantitative estimate of drug-likeness (QED) is 0.639. The Morgan fingerprint density at radius 3 is 2.38 bits per heavy atom. The second-order valence-electron chi connectivity index (χ2n) is 6.68. The lowest BCUT2D eigenvalue weighted by atomic mass is 10.1. The summed E-state index contributed by atoms with van der Waals surface area (Å²) >= 11 is 0.361. The van der Waals surface area contributed by atoms with Gasteiger partial charge in [0.15, 0.2) is 5.92 Å². The van der Waals surface area contributed by atoms with Crippen LogP contribution in [0.3, 0.4) is 0 Å². The predicted octanol–water partition coefficient (Wildman–Crippen LogP) is 3.15. The number of rotatable bonds is 7. The summed E-state index contributed by atoms with van der Waals surface area (Å²) in [7, 11) is 0. The molecule has 10 heteroatoms. The van der Waals surface area contributed by atoms with Crippen molar-refractivity contribution in [3.8, 4) is 0 Å². The molecule has 1 aliphatic rings. The second kappa shape index (κ2) is 9.18. The highest BCUT2D eigenvalue weighted by Gasteiger charge is 2.61. The number of amides is 2. The van der Waals surface area contributed by atoms with Crippen LogP contribution in [0.4, 0.5) is 18.0 Å². The predicted molar refractivity (Wildman–Crippen MR) is 91.4 cm³/mol. The van der Waals surface area contributed by atoms with Gasteiger partial charge in [-0.2, -0.15) is 22.4 Å². The molecule has 1 saturated heterocycles. The maximum atomic E-state index is 13.5. The monoisotopic (exact) mass is 399 g/mol. The Kier molecular flexibility index (Phi) is 8.09. The number of hydrogen-bond acceptors (Lipinski definition) is 5. The summed E-state index contributed by atoms with van der Waals surface area (Å²) in [6.07, 6.45) is -3.96. The number of carboxylic acid groups (broad SMARTS) is 1. The van der Waals surface area contributed by atoms with Gasteiger partial charge in [0.05, 0.1) is 12.6 Å². The molecule has 0 aromatic heterocycles. The van der Waals surface area contributed by atoms with Gasteiger partial charge < -0.3 is 10.8 Å². The number of nitrogens with zero attached hydrogens (tertiary/aromatic N) is 1. The van der Waals surface area contributed by atoms with Crippen molar-refractivity contribution in [1.82, 2.24) is 0 Å². The van der Waals surface area contributed by atoms with Crippen molar-refractivity contribution in [3.05, 3.63) is 0 Å². The lowest BCUT2D eigenvalue weighted by molar-refractivity contribution is -0.794. The number of carbonyl (C=O) groups excluding carboxylic acids is 2. The van der Waals surface area contributed by atoms with Crippen LogP contribution in [0.2, 0.25) is 0 Å². The van der Waals surface area contributed by atoms with Gasteiger partial charge in [-0.1, -0.05) is 31.5 Å². The maximum absolute atomic E-state index is 13.5. The molecule has 1 aliphatic heterocycles. The lowest BCUT2D eigenvalue weighted by Crippen LogP contribution is -2.62. The Hall–Kier alpha value is -1.13. The summed E-state index contributed by atoms with van der Waals surface area (Å²) in [4.78, 5) is 36.2. The summed E-state index contributed by atoms with van der Waals surface area (Å²) in [5.74, 6) is -4.77. The molecule has 150 valence electrons. The molecule has 0 bridgehead atoms. The van der Waals surface area contributed by atoms with Gasteiger partial charge in [0, 0.05) is 18.6 Å². The molecule has 0 radical (unpaired) electrons. The number of hydrogen-bond donors (Lipinski definition) is 2. The maximum Gasteiger partial charge on any atom is 0.521 e. The Bertz CT molecular complexity index is 544. The largest absolute Gasteiger partial charge is 0.521 e. The molecule has 0 aliphatic carbocycles. The smallest absolute Gasteiger partial charge is 0.435 e. The Labute approximate surface area is 154 Å². The normalized spacial score (nSPS) is 25.7. The van der Waals surface area contributed by atoms with Crippen molar-refractivity contribution >= 4 is 28.9 Å². The van der Waals surface area contributed by atoms with Crippen molar-refractivity contribution in [2.24, 2.45) is 11.7 Å². The van der Waals surface area contributed by atoms with Crippen LogP contribution in [0.5, 0.6) is 0 Å². The number of likely N-dealkylation sites (tertiary alicyclic amines) is 1. The number of alkyl halides is 3. The van der Waals surface area contributed by atoms with E-state index in [0.717, 1.165) is 6.42 Å². The Morgan fingerprint density at radius 2 is 1.96 bits per heavy atom. The van der Waals surface area contributed by atoms with Gasteiger partial charge in [0.25, 0.3) is 0 Å². The average molecular weight is 399 g/mol. The van der Waals surface area contributed by atoms with Gasteiger partial charge in [0.1, 0.15) is 6.04 Å². The highest BCUT2D eigenvalue weighted by Crippen LogP contribution is 2.37. The second-order valence-corrected chi connectivity index (χ2v) is 7.70. The van der Waals surface area contributed by atoms with Crippen molar-refractivity contribution in [1.29, 1.82) is 0 Å². The number of thioether (sulfide) groups is 1. The standard InChI is InChI=1S/C16H25F3N2O4S/c1-3-4-7-12(20)14(23)26-9-11(16(17,18)19)13(22)21(15(24)25)8-5-6-10(21)2/h10-12H,3-9,20H2,1-2H3/p+1/t10-,11?,12+,21?/m1/s1. The SMILES string of the molecule is CCCC[C@H](N)C(=O)SCC(C(=O)[N+]1(C(=O)O)CCC[C@H]1C)C(F)(F)F. The summed E-state index contributed by atoms with van der Waals surface area (Å²) in [5, 5.41) is 8.86. The van der Waals surface area contributed by atoms with Crippen molar-refractivity contribution in [2.75, 3.05) is 12.3 Å². The van der Waals surface area contributed by atoms with Crippen LogP contribution in [0.25, 0.3) is 0 Å². The molecule has 3 N–H and O–H groups in total. The fraction of sp³-hybridized carbons (Fsp3) is 0.812. The Balaban J connectivity index is 2.95. The van der Waals surface area contributed by atoms with Gasteiger partial charge in [-0.3, -0.25) is 4.79 Å². The zero-order valence-corrected chi connectivity index (χ0v) is 15.7. The zero-order chi connectivity index (χ0) is 20.1. The third kappa shape index (κ3) is 4.98. The number of imide groups is 1. The fourth-order valence-corrected chi connectivity index (χ4v) is 4.18. The number of unbranched alkanes of at least 4 members (excludes halogenated alkanes) is 1. The molecule has 0 saturated carbocycles. The van der Waals surface area contributed by atoms with Gasteiger partial charge in [-0.15, -0.1) is 0 Å². The highest BCUT2D eigenvalue weighted by molar-refractivity contribution is 8.13. The fourth-order valence-electron chi connectivity index (χ4n) is 3.18. The van der Waals surface area contributed by atoms with E-state index in [1.807, 2.05) is 6.92 Å². The van der Waals surface area contributed by atoms with Crippen molar-refractivity contribution in [2.45, 2.75) is 64.2 Å². The van der Waals surface area contributed by atoms with Crippen LogP contribution in [0, 0.1) is 5.92 Å². The lowest BCUT2D eigenvalue weighted by Gasteiger charge is -2.33. The molecule has 0 aromatic rings. The summed E-state index contributed by atoms with van der Waals surface area (Å²) < 4.78 is 39.1. The van der Waals surface area contributed by atoms with Crippen LogP contribution in [0.15, 0.2) is 0 Å². The summed E-state index contributed by atoms with van der Waals surface area (Å²) in [5.41, 5.74) is 5.66. The minimum atomic E-state index is -4.93. The van der Waals surface area contributed by atoms with E-state index in [1.54, 1.807) is 0 Å². The molecule has 1 fully saturated rings. The van der Waals surface area contributed by atoms with E-state index in [-0.39, 0.29) is 6.54 Å². The number of quaternary nitrogens is 1. The Morgan fingerprint density at radius 1 is 1.35 bits per heavy atom. The molecular formula is C16H26F3N2O4S+. The van der Waals surface area contributed by atoms with Crippen LogP contribution < -0.4 is 5.73 Å². The van der Waals surface area contributed by atoms with Crippen molar-refractivity contribution < 1.29 is 37.1 Å². The van der Waals surface area contributed by atoms with E-state index in [1.165, 1.54) is 6.92 Å². The summed E-state index contributed by atoms with van der Waals surface area (Å²) in [6.45, 7) is 3.19. The first kappa shape index (κ1) is 22.9. The third-order valence-corrected chi connectivity index (χ3v) is 5.96. The number of carbonyl (C=O) groups is 3. The number of nitrogens with two attached hydrogens (primary N) is 1. The molecule has 2 unspecified atom stereocenters. The molecule has 0 spiro atoms. The topological polar surface area (TPSA) is 97.5 Å². The van der Waals surface area contributed by atoms with E-state index in [9.17, 15) is 32.7 Å². The molecule has 4 atom stereocenters. The first-order valence-corrected chi connectivity index (χ1v) is 9.61. The van der Waals surface area contributed by atoms with Gasteiger partial charge in [-0.25, -0.2) is 4.79 Å². The highest BCUT2D eigenvalue weighted by atomic mass is 32.2. The van der Waals surface area contributed by atoms with Crippen LogP contribution >= 0.6 is 11.8 Å². The third-order valence-electron chi connectivity index (χ3n) is 4.88. The van der Waals surface area contributed by atoms with Gasteiger partial charge in [-0.05, 0) is 13.3 Å². The van der Waals surface area contributed by atoms with Gasteiger partial charge >= 0.3 is 18.2 Å². The van der Waals surface area contributed by atoms with E-state index < -0.39 is 51.5 Å². The number of halogens is 3. The molecule has 26 heavy (non-hydrogen) atoms. The van der Waals surface area contributed by atoms with E-state index in [4.69, 9.17) is 5.73 Å². The minimum Gasteiger partial charge on any atom is -0.435 e. The molecule has 0 aromatic carbocycles. The zero-order valence-electron chi connectivity index (χ0n) is 14.9. The first-order chi connectivity index (χ1) is 12.0. The first-order valence-electron chi connectivity index (χ1n) is 8.63. The molecule has 2 amide bonds.